The Balaban J connectivity index is 2.64. The Morgan fingerprint density at radius 3 is 1.96 bits per heavy atom. The van der Waals surface area contributed by atoms with Crippen LogP contribution in [0.3, 0.4) is 0 Å². The lowest BCUT2D eigenvalue weighted by molar-refractivity contribution is -0.134. The highest BCUT2D eigenvalue weighted by Gasteiger charge is 2.41. The Hall–Kier alpha value is -2.67. The number of nitrogens with zero attached hydrogens (tertiary/aromatic N) is 2. The second-order valence-corrected chi connectivity index (χ2v) is 8.34. The quantitative estimate of drug-likeness (QED) is 0.387. The molecule has 0 aliphatic heterocycles. The predicted molar refractivity (Wildman–Crippen MR) is 102 cm³/mol. The molecule has 0 aromatic heterocycles. The minimum Gasteiger partial charge on any atom is -0.452 e. The molecule has 0 heterocycles. The van der Waals surface area contributed by atoms with Gasteiger partial charge in [-0.1, -0.05) is 66.2 Å². The summed E-state index contributed by atoms with van der Waals surface area (Å²) >= 11 is 0. The van der Waals surface area contributed by atoms with Crippen molar-refractivity contribution in [3.8, 4) is 0 Å². The number of allylic oxidation sites excluding steroid dienone is 1. The molecular formula is C19H20N2O3P+. The summed E-state index contributed by atoms with van der Waals surface area (Å²) in [5, 5.41) is 10.5. The molecule has 2 rings (SSSR count). The normalized spacial score (nSPS) is 10.5. The number of esters is 1. The molecule has 0 unspecified atom stereocenters. The zero-order valence-electron chi connectivity index (χ0n) is 14.2. The summed E-state index contributed by atoms with van der Waals surface area (Å²) in [5.74, 6) is -0.844. The first-order valence-corrected chi connectivity index (χ1v) is 9.50. The summed E-state index contributed by atoms with van der Waals surface area (Å²) in [6.07, 6.45) is 1.73. The fourth-order valence-corrected chi connectivity index (χ4v) is 4.72. The van der Waals surface area contributed by atoms with Crippen LogP contribution in [0.4, 0.5) is 0 Å². The van der Waals surface area contributed by atoms with Crippen LogP contribution >= 0.6 is 7.11 Å². The van der Waals surface area contributed by atoms with Gasteiger partial charge in [0.25, 0.3) is 0 Å². The van der Waals surface area contributed by atoms with Crippen molar-refractivity contribution >= 4 is 29.1 Å². The molecule has 0 amide bonds. The fraction of sp³-hybridized carbons (Fsp3) is 0.158. The number of rotatable bonds is 5. The number of hydrogen-bond donors (Lipinski definition) is 1. The average Bonchev–Trinajstić information content (AvgIpc) is 2.63. The number of carbonyl (C=O) groups excluding carboxylic acids is 1. The van der Waals surface area contributed by atoms with Gasteiger partial charge in [-0.2, -0.15) is 0 Å². The summed E-state index contributed by atoms with van der Waals surface area (Å²) in [5.41, 5.74) is 0.610. The van der Waals surface area contributed by atoms with Crippen LogP contribution in [0.1, 0.15) is 13.8 Å². The van der Waals surface area contributed by atoms with Crippen LogP contribution in [0.2, 0.25) is 0 Å². The molecule has 0 fully saturated rings. The topological polar surface area (TPSA) is 74.7 Å². The van der Waals surface area contributed by atoms with Gasteiger partial charge in [-0.05, 0) is 19.9 Å². The van der Waals surface area contributed by atoms with E-state index in [0.717, 1.165) is 5.57 Å². The first kappa shape index (κ1) is 18.7. The minimum absolute atomic E-state index is 0.0454. The number of diazo groups is 1. The van der Waals surface area contributed by atoms with Gasteiger partial charge in [0.15, 0.2) is 12.1 Å². The monoisotopic (exact) mass is 355 g/mol. The molecule has 0 spiro atoms. The molecule has 5 nitrogen and oxygen atoms in total. The van der Waals surface area contributed by atoms with Gasteiger partial charge in [-0.25, -0.2) is 4.79 Å². The molecule has 128 valence electrons. The van der Waals surface area contributed by atoms with Gasteiger partial charge in [0.2, 0.25) is 5.39 Å². The third-order valence-electron chi connectivity index (χ3n) is 3.55. The van der Waals surface area contributed by atoms with E-state index < -0.39 is 13.1 Å². The third kappa shape index (κ3) is 4.24. The maximum absolute atomic E-state index is 12.5. The van der Waals surface area contributed by atoms with Gasteiger partial charge in [0.05, 0.1) is 0 Å². The van der Waals surface area contributed by atoms with Gasteiger partial charge in [0, 0.05) is 10.6 Å². The van der Waals surface area contributed by atoms with Gasteiger partial charge >= 0.3 is 11.4 Å². The van der Waals surface area contributed by atoms with Crippen molar-refractivity contribution in [1.29, 1.82) is 5.39 Å². The second kappa shape index (κ2) is 8.43. The third-order valence-corrected chi connectivity index (χ3v) is 6.53. The molecule has 2 aromatic rings. The Kier molecular flexibility index (Phi) is 6.30. The van der Waals surface area contributed by atoms with E-state index in [1.165, 1.54) is 0 Å². The van der Waals surface area contributed by atoms with E-state index >= 15 is 0 Å². The molecule has 0 bridgehead atoms. The SMILES string of the molecule is CC(C)=CCOC(=O)C([N+]#N)=P(O)(c1ccccc1)c1ccccc1. The Bertz CT molecular complexity index is 821. The molecule has 6 heteroatoms. The lowest BCUT2D eigenvalue weighted by Gasteiger charge is -2.17. The molecule has 0 aliphatic carbocycles. The smallest absolute Gasteiger partial charge is 0.452 e. The molecule has 25 heavy (non-hydrogen) atoms. The maximum Gasteiger partial charge on any atom is 0.491 e. The first-order chi connectivity index (χ1) is 12.0. The summed E-state index contributed by atoms with van der Waals surface area (Å²) < 4.78 is 5.16. The summed E-state index contributed by atoms with van der Waals surface area (Å²) in [7, 11) is -3.40. The van der Waals surface area contributed by atoms with E-state index in [2.05, 4.69) is 4.98 Å². The minimum atomic E-state index is -3.40. The molecule has 0 saturated carbocycles. The van der Waals surface area contributed by atoms with Crippen molar-refractivity contribution in [3.63, 3.8) is 0 Å². The van der Waals surface area contributed by atoms with E-state index in [0.29, 0.717) is 10.6 Å². The lowest BCUT2D eigenvalue weighted by Crippen LogP contribution is -2.26. The van der Waals surface area contributed by atoms with Crippen molar-refractivity contribution in [2.45, 2.75) is 13.8 Å². The van der Waals surface area contributed by atoms with Gasteiger partial charge < -0.3 is 9.63 Å². The molecule has 0 atom stereocenters. The highest BCUT2D eigenvalue weighted by molar-refractivity contribution is 7.86. The molecule has 0 radical (unpaired) electrons. The van der Waals surface area contributed by atoms with Crippen LogP contribution in [-0.2, 0) is 9.53 Å². The van der Waals surface area contributed by atoms with Crippen LogP contribution in [0.25, 0.3) is 4.98 Å². The van der Waals surface area contributed by atoms with Crippen molar-refractivity contribution in [1.82, 2.24) is 0 Å². The Labute approximate surface area is 147 Å². The summed E-state index contributed by atoms with van der Waals surface area (Å²) in [6.45, 7) is 3.81. The fourth-order valence-electron chi connectivity index (χ4n) is 2.27. The number of carbonyl (C=O) groups is 1. The zero-order valence-corrected chi connectivity index (χ0v) is 15.1. The largest absolute Gasteiger partial charge is 0.491 e. The maximum atomic E-state index is 12.5. The van der Waals surface area contributed by atoms with Gasteiger partial charge in [-0.15, -0.1) is 0 Å². The van der Waals surface area contributed by atoms with E-state index in [1.54, 1.807) is 54.6 Å². The molecule has 2 aromatic carbocycles. The van der Waals surface area contributed by atoms with E-state index in [9.17, 15) is 15.1 Å². The highest BCUT2D eigenvalue weighted by atomic mass is 31.2. The standard InChI is InChI=1S/C19H19N2O3P/c1-15(2)13-14-24-19(22)18(21-20)25(23,16-9-5-3-6-10-16)17-11-7-4-8-12-17/h3-13H,14H2,1-2H3/p+1. The second-order valence-electron chi connectivity index (χ2n) is 5.61. The van der Waals surface area contributed by atoms with Gasteiger partial charge in [-0.3, -0.25) is 0 Å². The number of benzene rings is 2. The van der Waals surface area contributed by atoms with Gasteiger partial charge in [0.1, 0.15) is 6.61 Å². The van der Waals surface area contributed by atoms with E-state index in [1.807, 2.05) is 26.0 Å². The summed E-state index contributed by atoms with van der Waals surface area (Å²) in [4.78, 5) is 27.1. The van der Waals surface area contributed by atoms with Crippen LogP contribution in [0.15, 0.2) is 72.3 Å². The van der Waals surface area contributed by atoms with Crippen LogP contribution in [0.5, 0.6) is 0 Å². The number of hydrogen-bond acceptors (Lipinski definition) is 4. The lowest BCUT2D eigenvalue weighted by atomic mass is 10.3. The van der Waals surface area contributed by atoms with Crippen LogP contribution in [0, 0.1) is 5.39 Å². The van der Waals surface area contributed by atoms with Crippen LogP contribution < -0.4 is 10.6 Å². The van der Waals surface area contributed by atoms with E-state index in [4.69, 9.17) is 4.74 Å². The Morgan fingerprint density at radius 2 is 1.56 bits per heavy atom. The van der Waals surface area contributed by atoms with Crippen molar-refractivity contribution in [3.05, 3.63) is 77.3 Å². The first-order valence-electron chi connectivity index (χ1n) is 7.76. The highest BCUT2D eigenvalue weighted by Crippen LogP contribution is 2.42. The molecular weight excluding hydrogens is 335 g/mol. The number of ether oxygens (including phenoxy) is 1. The van der Waals surface area contributed by atoms with E-state index in [-0.39, 0.29) is 12.0 Å². The van der Waals surface area contributed by atoms with Crippen molar-refractivity contribution in [2.75, 3.05) is 6.61 Å². The molecule has 0 saturated heterocycles. The van der Waals surface area contributed by atoms with Crippen molar-refractivity contribution in [2.24, 2.45) is 0 Å². The average molecular weight is 355 g/mol. The van der Waals surface area contributed by atoms with Crippen LogP contribution in [-0.4, -0.2) is 22.9 Å². The zero-order chi connectivity index (χ0) is 18.3. The predicted octanol–water partition coefficient (Wildman–Crippen LogP) is 3.05. The molecule has 0 aliphatic rings. The summed E-state index contributed by atoms with van der Waals surface area (Å²) in [6, 6.07) is 17.5. The van der Waals surface area contributed by atoms with Crippen molar-refractivity contribution < 1.29 is 14.4 Å². The Morgan fingerprint density at radius 1 is 1.08 bits per heavy atom. The molecule has 1 N–H and O–H groups in total.